The largest absolute Gasteiger partial charge is 0.384 e. The third-order valence-corrected chi connectivity index (χ3v) is 3.98. The maximum absolute atomic E-state index is 12.2. The fraction of sp³-hybridized carbons (Fsp3) is 0.562. The van der Waals surface area contributed by atoms with Crippen LogP contribution in [0.3, 0.4) is 0 Å². The molecule has 0 aliphatic heterocycles. The smallest absolute Gasteiger partial charge is 0.226 e. The molecular weight excluding hydrogens is 252 g/mol. The molecule has 0 radical (unpaired) electrons. The number of nitrogens with two attached hydrogens (primary N) is 1. The first-order chi connectivity index (χ1) is 9.63. The van der Waals surface area contributed by atoms with Gasteiger partial charge in [-0.1, -0.05) is 31.0 Å². The van der Waals surface area contributed by atoms with Gasteiger partial charge in [-0.2, -0.15) is 0 Å². The maximum atomic E-state index is 12.2. The van der Waals surface area contributed by atoms with Gasteiger partial charge in [-0.15, -0.1) is 0 Å². The minimum Gasteiger partial charge on any atom is -0.384 e. The van der Waals surface area contributed by atoms with Crippen LogP contribution in [0, 0.1) is 0 Å². The van der Waals surface area contributed by atoms with Gasteiger partial charge in [0.2, 0.25) is 5.91 Å². The summed E-state index contributed by atoms with van der Waals surface area (Å²) < 4.78 is 5.10. The van der Waals surface area contributed by atoms with Crippen LogP contribution in [0.5, 0.6) is 0 Å². The highest BCUT2D eigenvalue weighted by Crippen LogP contribution is 2.30. The standard InChI is InChI=1S/C16H24N2O2/c1-20-11-8-13-6-2-3-7-14(13)18-15(19)12-16(17)9-4-5-10-16/h2-3,6-7H,4-5,8-12,17H2,1H3,(H,18,19). The Kier molecular flexibility index (Phi) is 5.15. The lowest BCUT2D eigenvalue weighted by molar-refractivity contribution is -0.117. The van der Waals surface area contributed by atoms with Crippen LogP contribution < -0.4 is 11.1 Å². The number of ether oxygens (including phenoxy) is 1. The monoisotopic (exact) mass is 276 g/mol. The molecule has 1 fully saturated rings. The SMILES string of the molecule is COCCc1ccccc1NC(=O)CC1(N)CCCC1. The fourth-order valence-corrected chi connectivity index (χ4v) is 2.84. The lowest BCUT2D eigenvalue weighted by atomic mass is 9.94. The van der Waals surface area contributed by atoms with Crippen LogP contribution in [-0.2, 0) is 16.0 Å². The molecule has 0 saturated heterocycles. The van der Waals surface area contributed by atoms with Gasteiger partial charge in [0.15, 0.2) is 0 Å². The molecule has 0 aromatic heterocycles. The second kappa shape index (κ2) is 6.86. The second-order valence-electron chi connectivity index (χ2n) is 5.69. The van der Waals surface area contributed by atoms with Crippen molar-refractivity contribution in [1.82, 2.24) is 0 Å². The Balaban J connectivity index is 1.96. The van der Waals surface area contributed by atoms with Gasteiger partial charge >= 0.3 is 0 Å². The van der Waals surface area contributed by atoms with E-state index in [2.05, 4.69) is 5.32 Å². The molecule has 4 heteroatoms. The van der Waals surface area contributed by atoms with Gasteiger partial charge < -0.3 is 15.8 Å². The highest BCUT2D eigenvalue weighted by molar-refractivity contribution is 5.92. The Morgan fingerprint density at radius 3 is 2.75 bits per heavy atom. The zero-order chi connectivity index (χ0) is 14.4. The molecule has 4 nitrogen and oxygen atoms in total. The molecule has 1 saturated carbocycles. The zero-order valence-electron chi connectivity index (χ0n) is 12.2. The van der Waals surface area contributed by atoms with E-state index in [0.717, 1.165) is 43.4 Å². The van der Waals surface area contributed by atoms with Gasteiger partial charge in [0.25, 0.3) is 0 Å². The Morgan fingerprint density at radius 1 is 1.35 bits per heavy atom. The topological polar surface area (TPSA) is 64.3 Å². The van der Waals surface area contributed by atoms with Crippen LogP contribution >= 0.6 is 0 Å². The number of amides is 1. The molecule has 1 aliphatic rings. The normalized spacial score (nSPS) is 17.1. The average molecular weight is 276 g/mol. The van der Waals surface area contributed by atoms with Crippen molar-refractivity contribution in [3.05, 3.63) is 29.8 Å². The van der Waals surface area contributed by atoms with E-state index in [1.807, 2.05) is 24.3 Å². The first-order valence-electron chi connectivity index (χ1n) is 7.28. The number of methoxy groups -OCH3 is 1. The summed E-state index contributed by atoms with van der Waals surface area (Å²) >= 11 is 0. The number of rotatable bonds is 6. The van der Waals surface area contributed by atoms with Crippen molar-refractivity contribution >= 4 is 11.6 Å². The van der Waals surface area contributed by atoms with Gasteiger partial charge in [0, 0.05) is 24.8 Å². The van der Waals surface area contributed by atoms with Crippen LogP contribution in [0.15, 0.2) is 24.3 Å². The van der Waals surface area contributed by atoms with Crippen molar-refractivity contribution in [2.75, 3.05) is 19.0 Å². The van der Waals surface area contributed by atoms with E-state index in [9.17, 15) is 4.79 Å². The molecule has 0 heterocycles. The van der Waals surface area contributed by atoms with Gasteiger partial charge in [0.05, 0.1) is 6.61 Å². The summed E-state index contributed by atoms with van der Waals surface area (Å²) in [6.45, 7) is 0.647. The van der Waals surface area contributed by atoms with E-state index < -0.39 is 0 Å². The van der Waals surface area contributed by atoms with Crippen molar-refractivity contribution in [3.8, 4) is 0 Å². The molecule has 0 atom stereocenters. The Bertz CT molecular complexity index is 454. The number of para-hydroxylation sites is 1. The summed E-state index contributed by atoms with van der Waals surface area (Å²) in [6, 6.07) is 7.85. The highest BCUT2D eigenvalue weighted by atomic mass is 16.5. The molecule has 110 valence electrons. The molecular formula is C16H24N2O2. The Morgan fingerprint density at radius 2 is 2.05 bits per heavy atom. The molecule has 1 aliphatic carbocycles. The zero-order valence-corrected chi connectivity index (χ0v) is 12.2. The molecule has 1 amide bonds. The lowest BCUT2D eigenvalue weighted by Gasteiger charge is -2.23. The minimum atomic E-state index is -0.300. The summed E-state index contributed by atoms with van der Waals surface area (Å²) in [5.41, 5.74) is 7.92. The van der Waals surface area contributed by atoms with Crippen LogP contribution in [-0.4, -0.2) is 25.2 Å². The van der Waals surface area contributed by atoms with Gasteiger partial charge in [0.1, 0.15) is 0 Å². The van der Waals surface area contributed by atoms with Crippen molar-refractivity contribution in [2.45, 2.75) is 44.1 Å². The molecule has 0 bridgehead atoms. The van der Waals surface area contributed by atoms with Crippen LogP contribution in [0.1, 0.15) is 37.7 Å². The number of benzene rings is 1. The van der Waals surface area contributed by atoms with E-state index in [1.54, 1.807) is 7.11 Å². The third-order valence-electron chi connectivity index (χ3n) is 3.98. The van der Waals surface area contributed by atoms with E-state index >= 15 is 0 Å². The Labute approximate surface area is 120 Å². The number of anilines is 1. The number of hydrogen-bond donors (Lipinski definition) is 2. The molecule has 20 heavy (non-hydrogen) atoms. The van der Waals surface area contributed by atoms with Gasteiger partial charge in [-0.25, -0.2) is 0 Å². The van der Waals surface area contributed by atoms with Gasteiger partial charge in [-0.3, -0.25) is 4.79 Å². The van der Waals surface area contributed by atoms with Crippen molar-refractivity contribution < 1.29 is 9.53 Å². The minimum absolute atomic E-state index is 0.0132. The summed E-state index contributed by atoms with van der Waals surface area (Å²) in [5.74, 6) is 0.0132. The molecule has 1 aromatic carbocycles. The predicted octanol–water partition coefficient (Wildman–Crippen LogP) is 2.48. The van der Waals surface area contributed by atoms with Crippen molar-refractivity contribution in [3.63, 3.8) is 0 Å². The van der Waals surface area contributed by atoms with Crippen molar-refractivity contribution in [2.24, 2.45) is 5.73 Å². The summed E-state index contributed by atoms with van der Waals surface area (Å²) in [7, 11) is 1.68. The Hall–Kier alpha value is -1.39. The van der Waals surface area contributed by atoms with E-state index in [0.29, 0.717) is 13.0 Å². The van der Waals surface area contributed by atoms with E-state index in [1.165, 1.54) is 0 Å². The molecule has 1 aromatic rings. The number of carbonyl (C=O) groups excluding carboxylic acids is 1. The quantitative estimate of drug-likeness (QED) is 0.839. The van der Waals surface area contributed by atoms with Crippen LogP contribution in [0.25, 0.3) is 0 Å². The van der Waals surface area contributed by atoms with Crippen LogP contribution in [0.2, 0.25) is 0 Å². The third kappa shape index (κ3) is 4.05. The van der Waals surface area contributed by atoms with Gasteiger partial charge in [-0.05, 0) is 30.9 Å². The number of nitrogens with one attached hydrogen (secondary N) is 1. The second-order valence-corrected chi connectivity index (χ2v) is 5.69. The maximum Gasteiger partial charge on any atom is 0.226 e. The highest BCUT2D eigenvalue weighted by Gasteiger charge is 2.31. The molecule has 0 unspecified atom stereocenters. The lowest BCUT2D eigenvalue weighted by Crippen LogP contribution is -2.40. The predicted molar refractivity (Wildman–Crippen MR) is 80.7 cm³/mol. The summed E-state index contributed by atoms with van der Waals surface area (Å²) in [6.07, 6.45) is 5.37. The number of hydrogen-bond acceptors (Lipinski definition) is 3. The van der Waals surface area contributed by atoms with Crippen LogP contribution in [0.4, 0.5) is 5.69 Å². The average Bonchev–Trinajstić information content (AvgIpc) is 2.84. The number of carbonyl (C=O) groups is 1. The van der Waals surface area contributed by atoms with E-state index in [-0.39, 0.29) is 11.4 Å². The van der Waals surface area contributed by atoms with Crippen molar-refractivity contribution in [1.29, 1.82) is 0 Å². The first-order valence-corrected chi connectivity index (χ1v) is 7.28. The fourth-order valence-electron chi connectivity index (χ4n) is 2.84. The molecule has 2 rings (SSSR count). The summed E-state index contributed by atoms with van der Waals surface area (Å²) in [5, 5.41) is 3.00. The summed E-state index contributed by atoms with van der Waals surface area (Å²) in [4.78, 5) is 12.2. The molecule has 0 spiro atoms. The van der Waals surface area contributed by atoms with E-state index in [4.69, 9.17) is 10.5 Å². The first kappa shape index (κ1) is 15.0. The molecule has 3 N–H and O–H groups in total.